The fourth-order valence-electron chi connectivity index (χ4n) is 1.04. The minimum Gasteiger partial charge on any atom is -0.338 e. The zero-order valence-electron chi connectivity index (χ0n) is 11.9. The molecular formula is C12H25N3O2S. The summed E-state index contributed by atoms with van der Waals surface area (Å²) < 4.78 is 0. The number of rotatable bonds is 7. The third-order valence-electron chi connectivity index (χ3n) is 2.18. The van der Waals surface area contributed by atoms with E-state index in [0.717, 1.165) is 12.3 Å². The van der Waals surface area contributed by atoms with E-state index in [1.807, 2.05) is 34.9 Å². The van der Waals surface area contributed by atoms with Crippen molar-refractivity contribution in [2.45, 2.75) is 26.0 Å². The van der Waals surface area contributed by atoms with Gasteiger partial charge in [0.15, 0.2) is 0 Å². The molecule has 0 aromatic rings. The van der Waals surface area contributed by atoms with Gasteiger partial charge in [0.2, 0.25) is 5.91 Å². The number of imide groups is 1. The molecule has 0 aromatic carbocycles. The molecule has 106 valence electrons. The summed E-state index contributed by atoms with van der Waals surface area (Å²) in [5.74, 6) is 1.01. The van der Waals surface area contributed by atoms with Gasteiger partial charge in [0, 0.05) is 18.8 Å². The van der Waals surface area contributed by atoms with Crippen molar-refractivity contribution in [3.63, 3.8) is 0 Å². The van der Waals surface area contributed by atoms with Crippen LogP contribution in [0.15, 0.2) is 0 Å². The fourth-order valence-corrected chi connectivity index (χ4v) is 2.08. The van der Waals surface area contributed by atoms with Crippen LogP contribution in [0.3, 0.4) is 0 Å². The number of urea groups is 1. The first-order valence-electron chi connectivity index (χ1n) is 6.18. The van der Waals surface area contributed by atoms with Crippen LogP contribution < -0.4 is 10.6 Å². The molecule has 0 aliphatic carbocycles. The van der Waals surface area contributed by atoms with Crippen LogP contribution in [0.5, 0.6) is 0 Å². The van der Waals surface area contributed by atoms with E-state index in [0.29, 0.717) is 12.5 Å². The molecule has 1 atom stereocenters. The molecule has 6 heteroatoms. The van der Waals surface area contributed by atoms with Crippen molar-refractivity contribution >= 4 is 23.7 Å². The summed E-state index contributed by atoms with van der Waals surface area (Å²) >= 11 is 1.55. The molecule has 0 spiro atoms. The van der Waals surface area contributed by atoms with E-state index >= 15 is 0 Å². The predicted octanol–water partition coefficient (Wildman–Crippen LogP) is 1.15. The summed E-state index contributed by atoms with van der Waals surface area (Å²) in [4.78, 5) is 25.1. The molecule has 2 N–H and O–H groups in total. The Bertz CT molecular complexity index is 270. The van der Waals surface area contributed by atoms with Crippen molar-refractivity contribution in [1.29, 1.82) is 0 Å². The van der Waals surface area contributed by atoms with E-state index in [1.54, 1.807) is 11.8 Å². The van der Waals surface area contributed by atoms with Crippen LogP contribution in [-0.2, 0) is 4.79 Å². The second-order valence-electron chi connectivity index (χ2n) is 4.91. The van der Waals surface area contributed by atoms with E-state index in [4.69, 9.17) is 0 Å². The number of amides is 3. The highest BCUT2D eigenvalue weighted by atomic mass is 32.2. The van der Waals surface area contributed by atoms with Crippen molar-refractivity contribution in [3.8, 4) is 0 Å². The van der Waals surface area contributed by atoms with Crippen LogP contribution >= 0.6 is 11.8 Å². The van der Waals surface area contributed by atoms with Crippen LogP contribution in [0.4, 0.5) is 4.79 Å². The number of hydrogen-bond donors (Lipinski definition) is 2. The number of nitrogens with zero attached hydrogens (tertiary/aromatic N) is 1. The van der Waals surface area contributed by atoms with Gasteiger partial charge in [-0.2, -0.15) is 0 Å². The van der Waals surface area contributed by atoms with Gasteiger partial charge in [-0.25, -0.2) is 4.79 Å². The Labute approximate surface area is 114 Å². The molecule has 0 aliphatic heterocycles. The Morgan fingerprint density at radius 2 is 1.83 bits per heavy atom. The molecule has 3 amide bonds. The molecule has 0 saturated carbocycles. The lowest BCUT2D eigenvalue weighted by molar-refractivity contribution is -0.119. The lowest BCUT2D eigenvalue weighted by Crippen LogP contribution is -2.43. The molecule has 18 heavy (non-hydrogen) atoms. The molecule has 0 rings (SSSR count). The van der Waals surface area contributed by atoms with Gasteiger partial charge < -0.3 is 10.2 Å². The van der Waals surface area contributed by atoms with Gasteiger partial charge in [0.1, 0.15) is 0 Å². The smallest absolute Gasteiger partial charge is 0.321 e. The monoisotopic (exact) mass is 275 g/mol. The summed E-state index contributed by atoms with van der Waals surface area (Å²) in [7, 11) is 3.98. The Morgan fingerprint density at radius 1 is 1.22 bits per heavy atom. The van der Waals surface area contributed by atoms with E-state index in [-0.39, 0.29) is 11.2 Å². The van der Waals surface area contributed by atoms with Gasteiger partial charge in [-0.1, -0.05) is 13.8 Å². The fraction of sp³-hybridized carbons (Fsp3) is 0.833. The summed E-state index contributed by atoms with van der Waals surface area (Å²) in [6.45, 7) is 7.30. The second-order valence-corrected chi connectivity index (χ2v) is 6.36. The topological polar surface area (TPSA) is 61.4 Å². The first-order valence-corrected chi connectivity index (χ1v) is 7.22. The van der Waals surface area contributed by atoms with Gasteiger partial charge >= 0.3 is 6.03 Å². The Hall–Kier alpha value is -0.750. The summed E-state index contributed by atoms with van der Waals surface area (Å²) in [6, 6.07) is -0.409. The number of carbonyl (C=O) groups excluding carboxylic acids is 2. The summed E-state index contributed by atoms with van der Waals surface area (Å²) in [5.41, 5.74) is 0. The normalized spacial score (nSPS) is 12.6. The molecule has 0 radical (unpaired) electrons. The summed E-state index contributed by atoms with van der Waals surface area (Å²) in [5, 5.41) is 4.79. The Kier molecular flexibility index (Phi) is 8.83. The zero-order valence-corrected chi connectivity index (χ0v) is 12.8. The van der Waals surface area contributed by atoms with Crippen LogP contribution in [0.2, 0.25) is 0 Å². The highest BCUT2D eigenvalue weighted by Crippen LogP contribution is 2.09. The van der Waals surface area contributed by atoms with Crippen molar-refractivity contribution in [2.24, 2.45) is 5.92 Å². The highest BCUT2D eigenvalue weighted by Gasteiger charge is 2.15. The van der Waals surface area contributed by atoms with Gasteiger partial charge in [-0.3, -0.25) is 10.1 Å². The first kappa shape index (κ1) is 17.2. The molecule has 0 saturated heterocycles. The molecule has 5 nitrogen and oxygen atoms in total. The van der Waals surface area contributed by atoms with Gasteiger partial charge in [0.25, 0.3) is 0 Å². The van der Waals surface area contributed by atoms with Crippen molar-refractivity contribution in [2.75, 3.05) is 32.9 Å². The minimum atomic E-state index is -0.409. The van der Waals surface area contributed by atoms with Crippen LogP contribution in [0, 0.1) is 5.92 Å². The Balaban J connectivity index is 3.82. The minimum absolute atomic E-state index is 0.213. The van der Waals surface area contributed by atoms with E-state index in [9.17, 15) is 9.59 Å². The highest BCUT2D eigenvalue weighted by molar-refractivity contribution is 8.00. The third kappa shape index (κ3) is 9.30. The molecule has 0 aromatic heterocycles. The molecule has 0 bridgehead atoms. The van der Waals surface area contributed by atoms with Crippen molar-refractivity contribution < 1.29 is 9.59 Å². The van der Waals surface area contributed by atoms with Crippen LogP contribution in [-0.4, -0.2) is 55.0 Å². The lowest BCUT2D eigenvalue weighted by atomic mass is 10.2. The molecule has 0 unspecified atom stereocenters. The molecule has 0 fully saturated rings. The number of thioether (sulfide) groups is 1. The number of nitrogens with one attached hydrogen (secondary N) is 2. The third-order valence-corrected chi connectivity index (χ3v) is 3.32. The largest absolute Gasteiger partial charge is 0.338 e. The number of carbonyl (C=O) groups is 2. The average molecular weight is 275 g/mol. The van der Waals surface area contributed by atoms with Crippen LogP contribution in [0.1, 0.15) is 20.8 Å². The van der Waals surface area contributed by atoms with E-state index < -0.39 is 6.03 Å². The van der Waals surface area contributed by atoms with Gasteiger partial charge in [0.05, 0.1) is 5.25 Å². The molecule has 0 aliphatic rings. The van der Waals surface area contributed by atoms with Crippen LogP contribution in [0.25, 0.3) is 0 Å². The van der Waals surface area contributed by atoms with Gasteiger partial charge in [-0.05, 0) is 26.9 Å². The quantitative estimate of drug-likeness (QED) is 0.732. The second kappa shape index (κ2) is 9.22. The zero-order chi connectivity index (χ0) is 14.1. The SMILES string of the molecule is CC(C)CNC(=O)NC(=O)[C@@H](C)SCCN(C)C. The number of hydrogen-bond acceptors (Lipinski definition) is 4. The molecular weight excluding hydrogens is 250 g/mol. The maximum atomic E-state index is 11.7. The predicted molar refractivity (Wildman–Crippen MR) is 76.9 cm³/mol. The maximum absolute atomic E-state index is 11.7. The maximum Gasteiger partial charge on any atom is 0.321 e. The standard InChI is InChI=1S/C12H25N3O2S/c1-9(2)8-13-12(17)14-11(16)10(3)18-7-6-15(4)5/h9-10H,6-8H2,1-5H3,(H2,13,14,16,17)/t10-/m1/s1. The average Bonchev–Trinajstić information content (AvgIpc) is 2.25. The summed E-state index contributed by atoms with van der Waals surface area (Å²) in [6.07, 6.45) is 0. The van der Waals surface area contributed by atoms with E-state index in [2.05, 4.69) is 15.5 Å². The lowest BCUT2D eigenvalue weighted by Gasteiger charge is -2.14. The first-order chi connectivity index (χ1) is 8.32. The van der Waals surface area contributed by atoms with Crippen molar-refractivity contribution in [1.82, 2.24) is 15.5 Å². The molecule has 0 heterocycles. The Morgan fingerprint density at radius 3 is 2.33 bits per heavy atom. The van der Waals surface area contributed by atoms with Gasteiger partial charge in [-0.15, -0.1) is 11.8 Å². The van der Waals surface area contributed by atoms with E-state index in [1.165, 1.54) is 0 Å². The van der Waals surface area contributed by atoms with Crippen molar-refractivity contribution in [3.05, 3.63) is 0 Å².